The molecule has 2 aliphatic rings. The molecule has 0 aliphatic carbocycles. The Hall–Kier alpha value is -2.47. The molecule has 2 aromatic rings. The highest BCUT2D eigenvalue weighted by atomic mass is 32.1. The molecule has 0 spiro atoms. The van der Waals surface area contributed by atoms with Crippen molar-refractivity contribution in [3.63, 3.8) is 0 Å². The molecule has 2 aliphatic heterocycles. The standard InChI is InChI=1S/C18H18N4OS/c23-18-16-17(20-15(21-18)11-13-5-2-1-3-6-13)22(12-19-16)9-8-14-7-4-10-24-14/h1-7,10,12,16-17H,8-9,11H2,(H,20,21,23). The Bertz CT molecular complexity index is 770. The van der Waals surface area contributed by atoms with E-state index in [-0.39, 0.29) is 12.1 Å². The van der Waals surface area contributed by atoms with E-state index >= 15 is 0 Å². The summed E-state index contributed by atoms with van der Waals surface area (Å²) in [6.45, 7) is 0.820. The maximum absolute atomic E-state index is 12.3. The number of amides is 1. The van der Waals surface area contributed by atoms with Gasteiger partial charge >= 0.3 is 0 Å². The number of hydrogen-bond donors (Lipinski definition) is 1. The van der Waals surface area contributed by atoms with Gasteiger partial charge in [0.15, 0.2) is 12.2 Å². The number of amidine groups is 1. The lowest BCUT2D eigenvalue weighted by atomic mass is 10.1. The number of thiophene rings is 1. The van der Waals surface area contributed by atoms with E-state index in [4.69, 9.17) is 4.99 Å². The molecule has 0 bridgehead atoms. The van der Waals surface area contributed by atoms with Crippen molar-refractivity contribution in [3.8, 4) is 0 Å². The summed E-state index contributed by atoms with van der Waals surface area (Å²) in [6.07, 6.45) is 3.14. The largest absolute Gasteiger partial charge is 0.338 e. The van der Waals surface area contributed by atoms with E-state index < -0.39 is 6.04 Å². The fraction of sp³-hybridized carbons (Fsp3) is 0.278. The minimum atomic E-state index is -0.423. The summed E-state index contributed by atoms with van der Waals surface area (Å²) in [4.78, 5) is 24.8. The highest BCUT2D eigenvalue weighted by Crippen LogP contribution is 2.20. The molecule has 2 atom stereocenters. The molecule has 5 nitrogen and oxygen atoms in total. The number of benzene rings is 1. The zero-order valence-electron chi connectivity index (χ0n) is 13.1. The summed E-state index contributed by atoms with van der Waals surface area (Å²) in [7, 11) is 0. The number of hydrogen-bond acceptors (Lipinski definition) is 5. The maximum Gasteiger partial charge on any atom is 0.254 e. The van der Waals surface area contributed by atoms with Crippen LogP contribution in [0.2, 0.25) is 0 Å². The Kier molecular flexibility index (Phi) is 4.13. The number of aliphatic imine (C=N–C) groups is 2. The van der Waals surface area contributed by atoms with Crippen LogP contribution in [0.25, 0.3) is 0 Å². The molecule has 6 heteroatoms. The van der Waals surface area contributed by atoms with Crippen LogP contribution in [0.1, 0.15) is 10.4 Å². The number of rotatable bonds is 5. The molecule has 1 aromatic heterocycles. The second kappa shape index (κ2) is 6.57. The van der Waals surface area contributed by atoms with Crippen molar-refractivity contribution in [2.75, 3.05) is 6.54 Å². The maximum atomic E-state index is 12.3. The predicted octanol–water partition coefficient (Wildman–Crippen LogP) is 2.10. The van der Waals surface area contributed by atoms with Crippen molar-refractivity contribution in [3.05, 3.63) is 58.3 Å². The SMILES string of the molecule is O=C1NC(Cc2ccccc2)=NC2C1N=CN2CCc1cccs1. The molecule has 0 saturated carbocycles. The van der Waals surface area contributed by atoms with Crippen molar-refractivity contribution in [2.24, 2.45) is 9.98 Å². The Morgan fingerprint density at radius 3 is 2.83 bits per heavy atom. The van der Waals surface area contributed by atoms with Crippen molar-refractivity contribution < 1.29 is 4.79 Å². The van der Waals surface area contributed by atoms with E-state index in [0.29, 0.717) is 6.42 Å². The fourth-order valence-corrected chi connectivity index (χ4v) is 3.70. The third-order valence-electron chi connectivity index (χ3n) is 4.23. The van der Waals surface area contributed by atoms with Gasteiger partial charge in [0.25, 0.3) is 5.91 Å². The smallest absolute Gasteiger partial charge is 0.254 e. The molecule has 122 valence electrons. The number of nitrogens with one attached hydrogen (secondary N) is 1. The Morgan fingerprint density at radius 1 is 1.17 bits per heavy atom. The lowest BCUT2D eigenvalue weighted by molar-refractivity contribution is -0.122. The normalized spacial score (nSPS) is 22.2. The van der Waals surface area contributed by atoms with Crippen LogP contribution < -0.4 is 5.32 Å². The third-order valence-corrected chi connectivity index (χ3v) is 5.17. The molecule has 1 aromatic carbocycles. The molecule has 24 heavy (non-hydrogen) atoms. The number of nitrogens with zero attached hydrogens (tertiary/aromatic N) is 3. The zero-order valence-corrected chi connectivity index (χ0v) is 13.9. The van der Waals surface area contributed by atoms with E-state index in [9.17, 15) is 4.79 Å². The van der Waals surface area contributed by atoms with Gasteiger partial charge < -0.3 is 10.2 Å². The zero-order chi connectivity index (χ0) is 16.4. The molecule has 1 amide bonds. The van der Waals surface area contributed by atoms with Gasteiger partial charge in [0, 0.05) is 17.8 Å². The van der Waals surface area contributed by atoms with Crippen LogP contribution >= 0.6 is 11.3 Å². The minimum absolute atomic E-state index is 0.0594. The quantitative estimate of drug-likeness (QED) is 0.908. The topological polar surface area (TPSA) is 57.1 Å². The minimum Gasteiger partial charge on any atom is -0.338 e. The lowest BCUT2D eigenvalue weighted by Crippen LogP contribution is -2.52. The van der Waals surface area contributed by atoms with Crippen molar-refractivity contribution in [1.82, 2.24) is 10.2 Å². The van der Waals surface area contributed by atoms with Gasteiger partial charge in [-0.05, 0) is 23.4 Å². The Morgan fingerprint density at radius 2 is 2.04 bits per heavy atom. The predicted molar refractivity (Wildman–Crippen MR) is 96.5 cm³/mol. The first kappa shape index (κ1) is 15.1. The summed E-state index contributed by atoms with van der Waals surface area (Å²) in [5.41, 5.74) is 1.14. The van der Waals surface area contributed by atoms with Gasteiger partial charge in [-0.1, -0.05) is 36.4 Å². The van der Waals surface area contributed by atoms with Gasteiger partial charge in [0.05, 0.1) is 6.34 Å². The Labute approximate surface area is 144 Å². The molecule has 3 heterocycles. The molecule has 0 saturated heterocycles. The molecule has 0 radical (unpaired) electrons. The fourth-order valence-electron chi connectivity index (χ4n) is 3.00. The average Bonchev–Trinajstić information content (AvgIpc) is 3.23. The molecule has 1 N–H and O–H groups in total. The van der Waals surface area contributed by atoms with Gasteiger partial charge in [-0.25, -0.2) is 4.99 Å². The molecule has 2 unspecified atom stereocenters. The van der Waals surface area contributed by atoms with Crippen molar-refractivity contribution in [2.45, 2.75) is 25.0 Å². The van der Waals surface area contributed by atoms with Crippen LogP contribution in [0.5, 0.6) is 0 Å². The summed E-state index contributed by atoms with van der Waals surface area (Å²) in [5.74, 6) is 0.662. The first-order valence-electron chi connectivity index (χ1n) is 8.02. The van der Waals surface area contributed by atoms with Gasteiger partial charge in [-0.15, -0.1) is 11.3 Å². The third kappa shape index (κ3) is 3.10. The van der Waals surface area contributed by atoms with Crippen LogP contribution in [0.15, 0.2) is 57.8 Å². The lowest BCUT2D eigenvalue weighted by Gasteiger charge is -2.28. The van der Waals surface area contributed by atoms with E-state index in [2.05, 4.69) is 32.7 Å². The molecule has 0 fully saturated rings. The summed E-state index contributed by atoms with van der Waals surface area (Å²) < 4.78 is 0. The monoisotopic (exact) mass is 338 g/mol. The van der Waals surface area contributed by atoms with Crippen molar-refractivity contribution >= 4 is 29.4 Å². The summed E-state index contributed by atoms with van der Waals surface area (Å²) >= 11 is 1.75. The molecular weight excluding hydrogens is 320 g/mol. The van der Waals surface area contributed by atoms with E-state index in [1.54, 1.807) is 17.7 Å². The highest BCUT2D eigenvalue weighted by molar-refractivity contribution is 7.09. The summed E-state index contributed by atoms with van der Waals surface area (Å²) in [5, 5.41) is 4.98. The van der Waals surface area contributed by atoms with Gasteiger partial charge in [0.2, 0.25) is 0 Å². The van der Waals surface area contributed by atoms with Crippen LogP contribution in [-0.2, 0) is 17.6 Å². The van der Waals surface area contributed by atoms with Crippen LogP contribution in [0.3, 0.4) is 0 Å². The second-order valence-corrected chi connectivity index (χ2v) is 6.95. The highest BCUT2D eigenvalue weighted by Gasteiger charge is 2.39. The van der Waals surface area contributed by atoms with E-state index in [1.165, 1.54) is 4.88 Å². The number of fused-ring (bicyclic) bond motifs is 1. The number of carbonyl (C=O) groups is 1. The number of carbonyl (C=O) groups excluding carboxylic acids is 1. The van der Waals surface area contributed by atoms with Crippen LogP contribution in [0.4, 0.5) is 0 Å². The van der Waals surface area contributed by atoms with Gasteiger partial charge in [-0.3, -0.25) is 9.79 Å². The first-order valence-corrected chi connectivity index (χ1v) is 8.90. The Balaban J connectivity index is 1.48. The summed E-state index contributed by atoms with van der Waals surface area (Å²) in [6, 6.07) is 13.8. The molecule has 4 rings (SSSR count). The average molecular weight is 338 g/mol. The molecular formula is C18H18N4OS. The van der Waals surface area contributed by atoms with Crippen molar-refractivity contribution in [1.29, 1.82) is 0 Å². The van der Waals surface area contributed by atoms with Gasteiger partial charge in [-0.2, -0.15) is 0 Å². The van der Waals surface area contributed by atoms with Crippen LogP contribution in [-0.4, -0.2) is 41.7 Å². The first-order chi connectivity index (χ1) is 11.8. The van der Waals surface area contributed by atoms with E-state index in [1.807, 2.05) is 30.3 Å². The van der Waals surface area contributed by atoms with E-state index in [0.717, 1.165) is 24.4 Å². The second-order valence-electron chi connectivity index (χ2n) is 5.92. The van der Waals surface area contributed by atoms with Gasteiger partial charge in [0.1, 0.15) is 5.84 Å². The van der Waals surface area contributed by atoms with Crippen LogP contribution in [0, 0.1) is 0 Å².